The molecule has 0 fully saturated rings. The zero-order valence-electron chi connectivity index (χ0n) is 15.4. The van der Waals surface area contributed by atoms with Gasteiger partial charge in [0.25, 0.3) is 0 Å². The Morgan fingerprint density at radius 2 is 1.71 bits per heavy atom. The molecule has 0 aliphatic carbocycles. The number of aromatic carboxylic acids is 1. The smallest absolute Gasteiger partial charge is 0.337 e. The number of benzene rings is 2. The van der Waals surface area contributed by atoms with E-state index in [1.165, 1.54) is 0 Å². The van der Waals surface area contributed by atoms with Crippen LogP contribution in [0.15, 0.2) is 54.6 Å². The van der Waals surface area contributed by atoms with E-state index >= 15 is 0 Å². The molecular weight excluding hydrogens is 397 g/mol. The summed E-state index contributed by atoms with van der Waals surface area (Å²) in [5.41, 5.74) is 2.94. The molecule has 0 saturated heterocycles. The van der Waals surface area contributed by atoms with Crippen LogP contribution in [0.1, 0.15) is 35.5 Å². The maximum atomic E-state index is 11.7. The van der Waals surface area contributed by atoms with Gasteiger partial charge < -0.3 is 9.84 Å². The molecule has 1 N–H and O–H groups in total. The Kier molecular flexibility index (Phi) is 6.22. The molecule has 4 nitrogen and oxygen atoms in total. The molecule has 1 heterocycles. The van der Waals surface area contributed by atoms with Crippen LogP contribution in [-0.4, -0.2) is 22.2 Å². The van der Waals surface area contributed by atoms with Crippen molar-refractivity contribution in [2.45, 2.75) is 26.4 Å². The zero-order chi connectivity index (χ0) is 20.3. The van der Waals surface area contributed by atoms with Crippen molar-refractivity contribution >= 4 is 29.2 Å². The number of halogens is 2. The van der Waals surface area contributed by atoms with Gasteiger partial charge in [-0.1, -0.05) is 35.3 Å². The summed E-state index contributed by atoms with van der Waals surface area (Å²) in [5.74, 6) is -0.409. The van der Waals surface area contributed by atoms with E-state index in [-0.39, 0.29) is 11.7 Å². The highest BCUT2D eigenvalue weighted by Crippen LogP contribution is 2.33. The molecule has 144 valence electrons. The minimum atomic E-state index is -1.02. The number of carbonyl (C=O) groups is 1. The van der Waals surface area contributed by atoms with Crippen LogP contribution in [0.25, 0.3) is 11.3 Å². The summed E-state index contributed by atoms with van der Waals surface area (Å²) in [4.78, 5) is 16.3. The molecule has 0 aliphatic heterocycles. The van der Waals surface area contributed by atoms with E-state index in [0.29, 0.717) is 33.6 Å². The van der Waals surface area contributed by atoms with Crippen molar-refractivity contribution in [2.24, 2.45) is 0 Å². The van der Waals surface area contributed by atoms with Gasteiger partial charge in [-0.25, -0.2) is 4.79 Å². The number of rotatable bonds is 6. The number of nitrogens with zero attached hydrogens (tertiary/aromatic N) is 1. The van der Waals surface area contributed by atoms with Crippen molar-refractivity contribution in [2.75, 3.05) is 0 Å². The lowest BCUT2D eigenvalue weighted by Gasteiger charge is -2.15. The van der Waals surface area contributed by atoms with Crippen LogP contribution in [0.2, 0.25) is 10.0 Å². The minimum absolute atomic E-state index is 0.0379. The number of carboxylic acid groups (broad SMARTS) is 1. The fourth-order valence-corrected chi connectivity index (χ4v) is 3.12. The Balaban J connectivity index is 2.06. The lowest BCUT2D eigenvalue weighted by Crippen LogP contribution is -2.08. The van der Waals surface area contributed by atoms with Crippen molar-refractivity contribution in [3.05, 3.63) is 81.5 Å². The van der Waals surface area contributed by atoms with E-state index in [2.05, 4.69) is 4.98 Å². The third-order valence-electron chi connectivity index (χ3n) is 4.07. The minimum Gasteiger partial charge on any atom is -0.490 e. The molecule has 0 aliphatic rings. The highest BCUT2D eigenvalue weighted by molar-refractivity contribution is 6.31. The monoisotopic (exact) mass is 415 g/mol. The Labute approximate surface area is 173 Å². The largest absolute Gasteiger partial charge is 0.490 e. The van der Waals surface area contributed by atoms with Gasteiger partial charge in [-0.15, -0.1) is 0 Å². The summed E-state index contributed by atoms with van der Waals surface area (Å²) in [6.45, 7) is 3.86. The predicted molar refractivity (Wildman–Crippen MR) is 112 cm³/mol. The number of aromatic nitrogens is 1. The fourth-order valence-electron chi connectivity index (χ4n) is 2.84. The molecule has 0 radical (unpaired) electrons. The third kappa shape index (κ3) is 4.83. The van der Waals surface area contributed by atoms with E-state index in [4.69, 9.17) is 27.9 Å². The molecule has 0 atom stereocenters. The quantitative estimate of drug-likeness (QED) is 0.525. The maximum Gasteiger partial charge on any atom is 0.337 e. The molecule has 1 aromatic heterocycles. The normalized spacial score (nSPS) is 10.9. The molecule has 0 unspecified atom stereocenters. The molecule has 0 saturated carbocycles. The van der Waals surface area contributed by atoms with Gasteiger partial charge in [0.05, 0.1) is 23.1 Å². The Hall–Kier alpha value is -2.56. The van der Waals surface area contributed by atoms with Crippen LogP contribution in [0.3, 0.4) is 0 Å². The van der Waals surface area contributed by atoms with E-state index in [1.54, 1.807) is 36.4 Å². The van der Waals surface area contributed by atoms with Gasteiger partial charge in [0.1, 0.15) is 5.75 Å². The molecule has 28 heavy (non-hydrogen) atoms. The SMILES string of the molecule is CC(C)Oc1cc(Cl)ccc1-c1ccc(C(=O)O)c(Cc2ccc(Cl)cc2)n1. The van der Waals surface area contributed by atoms with Crippen LogP contribution in [-0.2, 0) is 6.42 Å². The van der Waals surface area contributed by atoms with Crippen molar-refractivity contribution in [3.8, 4) is 17.0 Å². The topological polar surface area (TPSA) is 59.4 Å². The van der Waals surface area contributed by atoms with Gasteiger partial charge in [-0.05, 0) is 61.9 Å². The van der Waals surface area contributed by atoms with Crippen molar-refractivity contribution in [1.29, 1.82) is 0 Å². The predicted octanol–water partition coefficient (Wildman–Crippen LogP) is 6.13. The fraction of sp³-hybridized carbons (Fsp3) is 0.182. The molecular formula is C22H19Cl2NO3. The molecule has 3 rings (SSSR count). The van der Waals surface area contributed by atoms with Crippen molar-refractivity contribution < 1.29 is 14.6 Å². The first-order valence-electron chi connectivity index (χ1n) is 8.77. The third-order valence-corrected chi connectivity index (χ3v) is 4.56. The van der Waals surface area contributed by atoms with Gasteiger partial charge in [0.2, 0.25) is 0 Å². The molecule has 3 aromatic rings. The van der Waals surface area contributed by atoms with Crippen molar-refractivity contribution in [3.63, 3.8) is 0 Å². The van der Waals surface area contributed by atoms with Gasteiger partial charge in [-0.2, -0.15) is 0 Å². The second kappa shape index (κ2) is 8.63. The zero-order valence-corrected chi connectivity index (χ0v) is 17.0. The standard InChI is InChI=1S/C22H19Cl2NO3/c1-13(2)28-21-12-16(24)7-8-17(21)19-10-9-18(22(26)27)20(25-19)11-14-3-5-15(23)6-4-14/h3-10,12-13H,11H2,1-2H3,(H,26,27). The van der Waals surface area contributed by atoms with E-state index in [1.807, 2.05) is 32.0 Å². The Bertz CT molecular complexity index is 1000. The molecule has 0 spiro atoms. The van der Waals surface area contributed by atoms with Crippen LogP contribution in [0.5, 0.6) is 5.75 Å². The number of pyridine rings is 1. The van der Waals surface area contributed by atoms with Gasteiger partial charge in [-0.3, -0.25) is 4.98 Å². The number of hydrogen-bond acceptors (Lipinski definition) is 3. The summed E-state index contributed by atoms with van der Waals surface area (Å²) in [6.07, 6.45) is 0.338. The molecule has 6 heteroatoms. The first-order chi connectivity index (χ1) is 13.3. The van der Waals surface area contributed by atoms with E-state index in [0.717, 1.165) is 11.1 Å². The van der Waals surface area contributed by atoms with Gasteiger partial charge in [0, 0.05) is 22.0 Å². The van der Waals surface area contributed by atoms with Crippen LogP contribution >= 0.6 is 23.2 Å². The maximum absolute atomic E-state index is 11.7. The summed E-state index contributed by atoms with van der Waals surface area (Å²) in [6, 6.07) is 15.8. The first-order valence-corrected chi connectivity index (χ1v) is 9.53. The highest BCUT2D eigenvalue weighted by Gasteiger charge is 2.16. The van der Waals surface area contributed by atoms with Crippen LogP contribution in [0, 0.1) is 0 Å². The molecule has 0 bridgehead atoms. The Morgan fingerprint density at radius 1 is 1.04 bits per heavy atom. The van der Waals surface area contributed by atoms with Crippen molar-refractivity contribution in [1.82, 2.24) is 4.98 Å². The summed E-state index contributed by atoms with van der Waals surface area (Å²) in [7, 11) is 0. The number of carboxylic acids is 1. The number of ether oxygens (including phenoxy) is 1. The van der Waals surface area contributed by atoms with E-state index < -0.39 is 5.97 Å². The lowest BCUT2D eigenvalue weighted by molar-refractivity contribution is 0.0695. The van der Waals surface area contributed by atoms with E-state index in [9.17, 15) is 9.90 Å². The summed E-state index contributed by atoms with van der Waals surface area (Å²) >= 11 is 12.1. The van der Waals surface area contributed by atoms with Crippen LogP contribution < -0.4 is 4.74 Å². The summed E-state index contributed by atoms with van der Waals surface area (Å²) < 4.78 is 5.87. The molecule has 2 aromatic carbocycles. The van der Waals surface area contributed by atoms with Gasteiger partial charge in [0.15, 0.2) is 0 Å². The molecule has 0 amide bonds. The second-order valence-corrected chi connectivity index (χ2v) is 7.48. The lowest BCUT2D eigenvalue weighted by atomic mass is 10.0. The van der Waals surface area contributed by atoms with Crippen LogP contribution in [0.4, 0.5) is 0 Å². The highest BCUT2D eigenvalue weighted by atomic mass is 35.5. The van der Waals surface area contributed by atoms with Gasteiger partial charge >= 0.3 is 5.97 Å². The number of hydrogen-bond donors (Lipinski definition) is 1. The second-order valence-electron chi connectivity index (χ2n) is 6.61. The average Bonchev–Trinajstić information content (AvgIpc) is 2.63. The summed E-state index contributed by atoms with van der Waals surface area (Å²) in [5, 5.41) is 10.7. The first kappa shape index (κ1) is 20.2. The average molecular weight is 416 g/mol. The Morgan fingerprint density at radius 3 is 2.36 bits per heavy atom.